The number of carboxylic acids is 1. The summed E-state index contributed by atoms with van der Waals surface area (Å²) in [6.07, 6.45) is 3.43. The van der Waals surface area contributed by atoms with Crippen molar-refractivity contribution >= 4 is 11.9 Å². The van der Waals surface area contributed by atoms with Crippen molar-refractivity contribution < 1.29 is 41.4 Å². The highest BCUT2D eigenvalue weighted by Crippen LogP contribution is 2.23. The van der Waals surface area contributed by atoms with Gasteiger partial charge < -0.3 is 20.1 Å². The van der Waals surface area contributed by atoms with Crippen LogP contribution in [-0.4, -0.2) is 55.2 Å². The molecule has 1 amide bonds. The molecule has 0 radical (unpaired) electrons. The third-order valence-corrected chi connectivity index (χ3v) is 4.61. The number of carboxylic acid groups (broad SMARTS) is 1. The first-order valence-electron chi connectivity index (χ1n) is 10.3. The standard InChI is InChI=1S/C21H29F5N2O4/c1-28(2)11-13(10-16(30)31)27-15(29)8-6-4-3-5-7-9-32-12-14-17(22)19(24)21(26)20(25)18(14)23/h13H,3-12H2,1-2H3,(H,27,29)(H,30,31)/t13-/m1/s1. The van der Waals surface area contributed by atoms with Crippen LogP contribution in [0.5, 0.6) is 0 Å². The highest BCUT2D eigenvalue weighted by molar-refractivity contribution is 5.77. The Kier molecular flexibility index (Phi) is 12.1. The van der Waals surface area contributed by atoms with Crippen molar-refractivity contribution in [1.82, 2.24) is 10.2 Å². The zero-order chi connectivity index (χ0) is 24.3. The lowest BCUT2D eigenvalue weighted by atomic mass is 10.1. The van der Waals surface area contributed by atoms with Gasteiger partial charge in [0.15, 0.2) is 23.3 Å². The van der Waals surface area contributed by atoms with Crippen molar-refractivity contribution in [2.75, 3.05) is 27.2 Å². The summed E-state index contributed by atoms with van der Waals surface area (Å²) in [5, 5.41) is 11.6. The summed E-state index contributed by atoms with van der Waals surface area (Å²) in [4.78, 5) is 24.6. The molecule has 0 aliphatic rings. The fourth-order valence-corrected chi connectivity index (χ4v) is 3.08. The van der Waals surface area contributed by atoms with Gasteiger partial charge in [-0.05, 0) is 26.9 Å². The summed E-state index contributed by atoms with van der Waals surface area (Å²) in [7, 11) is 3.57. The van der Waals surface area contributed by atoms with Crippen LogP contribution in [-0.2, 0) is 20.9 Å². The molecule has 0 heterocycles. The van der Waals surface area contributed by atoms with Crippen LogP contribution < -0.4 is 5.32 Å². The average molecular weight is 468 g/mol. The fraction of sp³-hybridized carbons (Fsp3) is 0.619. The molecule has 0 saturated carbocycles. The second-order valence-corrected chi connectivity index (χ2v) is 7.74. The second-order valence-electron chi connectivity index (χ2n) is 7.74. The summed E-state index contributed by atoms with van der Waals surface area (Å²) in [6.45, 7) is -0.221. The average Bonchev–Trinajstić information content (AvgIpc) is 2.70. The molecule has 0 aliphatic heterocycles. The second kappa shape index (κ2) is 14.0. The first-order chi connectivity index (χ1) is 15.0. The van der Waals surface area contributed by atoms with E-state index in [1.165, 1.54) is 0 Å². The number of hydrogen-bond donors (Lipinski definition) is 2. The minimum Gasteiger partial charge on any atom is -0.481 e. The number of nitrogens with zero attached hydrogens (tertiary/aromatic N) is 1. The van der Waals surface area contributed by atoms with Gasteiger partial charge in [-0.1, -0.05) is 19.3 Å². The number of ether oxygens (including phenoxy) is 1. The van der Waals surface area contributed by atoms with Crippen LogP contribution in [0.2, 0.25) is 0 Å². The van der Waals surface area contributed by atoms with Gasteiger partial charge in [0.2, 0.25) is 11.7 Å². The van der Waals surface area contributed by atoms with E-state index in [9.17, 15) is 31.5 Å². The van der Waals surface area contributed by atoms with Crippen molar-refractivity contribution in [3.8, 4) is 0 Å². The van der Waals surface area contributed by atoms with Crippen LogP contribution >= 0.6 is 0 Å². The van der Waals surface area contributed by atoms with E-state index < -0.39 is 53.3 Å². The maximum Gasteiger partial charge on any atom is 0.305 e. The molecule has 0 fully saturated rings. The molecule has 1 aromatic rings. The number of carbonyl (C=O) groups excluding carboxylic acids is 1. The van der Waals surface area contributed by atoms with Crippen LogP contribution in [0.3, 0.4) is 0 Å². The van der Waals surface area contributed by atoms with E-state index in [1.807, 2.05) is 0 Å². The van der Waals surface area contributed by atoms with Gasteiger partial charge in [0.05, 0.1) is 24.6 Å². The third-order valence-electron chi connectivity index (χ3n) is 4.61. The van der Waals surface area contributed by atoms with Crippen molar-refractivity contribution in [2.45, 2.75) is 57.6 Å². The van der Waals surface area contributed by atoms with Gasteiger partial charge >= 0.3 is 5.97 Å². The molecule has 0 aromatic heterocycles. The molecule has 1 aromatic carbocycles. The Labute approximate surface area is 183 Å². The number of hydrogen-bond acceptors (Lipinski definition) is 4. The van der Waals surface area contributed by atoms with Gasteiger partial charge in [0, 0.05) is 19.6 Å². The number of carbonyl (C=O) groups is 2. The molecule has 11 heteroatoms. The number of nitrogens with one attached hydrogen (secondary N) is 1. The first-order valence-corrected chi connectivity index (χ1v) is 10.3. The first kappa shape index (κ1) is 27.8. The lowest BCUT2D eigenvalue weighted by molar-refractivity contribution is -0.137. The molecule has 1 atom stereocenters. The van der Waals surface area contributed by atoms with Crippen molar-refractivity contribution in [2.24, 2.45) is 0 Å². The minimum absolute atomic E-state index is 0.0847. The molecule has 6 nitrogen and oxygen atoms in total. The SMILES string of the molecule is CN(C)C[C@@H](CC(=O)O)NC(=O)CCCCCCCOCc1c(F)c(F)c(F)c(F)c1F. The lowest BCUT2D eigenvalue weighted by Crippen LogP contribution is -2.42. The van der Waals surface area contributed by atoms with E-state index in [0.29, 0.717) is 25.8 Å². The van der Waals surface area contributed by atoms with E-state index in [0.717, 1.165) is 12.8 Å². The zero-order valence-corrected chi connectivity index (χ0v) is 18.2. The van der Waals surface area contributed by atoms with Crippen LogP contribution in [0.15, 0.2) is 0 Å². The number of rotatable bonds is 15. The monoisotopic (exact) mass is 468 g/mol. The quantitative estimate of drug-likeness (QED) is 0.177. The summed E-state index contributed by atoms with van der Waals surface area (Å²) in [5.74, 6) is -11.2. The molecule has 1 rings (SSSR count). The molecular formula is C21H29F5N2O4. The van der Waals surface area contributed by atoms with Crippen molar-refractivity contribution in [3.05, 3.63) is 34.6 Å². The van der Waals surface area contributed by atoms with Gasteiger partial charge in [0.1, 0.15) is 0 Å². The summed E-state index contributed by atoms with van der Waals surface area (Å²) in [6, 6.07) is -0.468. The Hall–Kier alpha value is -2.27. The van der Waals surface area contributed by atoms with Crippen LogP contribution in [0, 0.1) is 29.1 Å². The summed E-state index contributed by atoms with van der Waals surface area (Å²) < 4.78 is 71.3. The van der Waals surface area contributed by atoms with E-state index in [2.05, 4.69) is 5.32 Å². The Balaban J connectivity index is 2.21. The number of aliphatic carboxylic acids is 1. The third kappa shape index (κ3) is 9.47. The van der Waals surface area contributed by atoms with Crippen LogP contribution in [0.1, 0.15) is 50.5 Å². The van der Waals surface area contributed by atoms with Crippen molar-refractivity contribution in [1.29, 1.82) is 0 Å². The van der Waals surface area contributed by atoms with Crippen molar-refractivity contribution in [3.63, 3.8) is 0 Å². The fourth-order valence-electron chi connectivity index (χ4n) is 3.08. The van der Waals surface area contributed by atoms with Gasteiger partial charge in [-0.3, -0.25) is 9.59 Å². The summed E-state index contributed by atoms with van der Waals surface area (Å²) in [5.41, 5.74) is -0.997. The zero-order valence-electron chi connectivity index (χ0n) is 18.2. The maximum absolute atomic E-state index is 13.5. The molecule has 182 valence electrons. The minimum atomic E-state index is -2.20. The maximum atomic E-state index is 13.5. The van der Waals surface area contributed by atoms with E-state index in [1.54, 1.807) is 19.0 Å². The Morgan fingerprint density at radius 2 is 1.44 bits per heavy atom. The molecule has 2 N–H and O–H groups in total. The number of halogens is 5. The van der Waals surface area contributed by atoms with Gasteiger partial charge in [0.25, 0.3) is 0 Å². The Morgan fingerprint density at radius 1 is 0.906 bits per heavy atom. The predicted molar refractivity (Wildman–Crippen MR) is 106 cm³/mol. The molecule has 32 heavy (non-hydrogen) atoms. The van der Waals surface area contributed by atoms with Gasteiger partial charge in [-0.2, -0.15) is 0 Å². The van der Waals surface area contributed by atoms with Gasteiger partial charge in [-0.25, -0.2) is 22.0 Å². The Morgan fingerprint density at radius 3 is 2.00 bits per heavy atom. The van der Waals surface area contributed by atoms with Crippen LogP contribution in [0.25, 0.3) is 0 Å². The number of likely N-dealkylation sites (N-methyl/N-ethyl adjacent to an activating group) is 1. The van der Waals surface area contributed by atoms with Crippen LogP contribution in [0.4, 0.5) is 22.0 Å². The number of benzene rings is 1. The number of amides is 1. The highest BCUT2D eigenvalue weighted by atomic mass is 19.2. The molecular weight excluding hydrogens is 439 g/mol. The molecule has 0 bridgehead atoms. The van der Waals surface area contributed by atoms with E-state index in [-0.39, 0.29) is 25.4 Å². The molecule has 0 unspecified atom stereocenters. The summed E-state index contributed by atoms with van der Waals surface area (Å²) >= 11 is 0. The van der Waals surface area contributed by atoms with Gasteiger partial charge in [-0.15, -0.1) is 0 Å². The predicted octanol–water partition coefficient (Wildman–Crippen LogP) is 3.76. The smallest absolute Gasteiger partial charge is 0.305 e. The Bertz CT molecular complexity index is 748. The normalized spacial score (nSPS) is 12.2. The van der Waals surface area contributed by atoms with E-state index >= 15 is 0 Å². The molecule has 0 spiro atoms. The highest BCUT2D eigenvalue weighted by Gasteiger charge is 2.25. The number of unbranched alkanes of at least 4 members (excludes halogenated alkanes) is 4. The van der Waals surface area contributed by atoms with E-state index in [4.69, 9.17) is 9.84 Å². The molecule has 0 saturated heterocycles. The largest absolute Gasteiger partial charge is 0.481 e. The lowest BCUT2D eigenvalue weighted by Gasteiger charge is -2.20. The molecule has 0 aliphatic carbocycles. The topological polar surface area (TPSA) is 78.9 Å².